The van der Waals surface area contributed by atoms with Gasteiger partial charge in [0.15, 0.2) is 0 Å². The molecule has 0 unspecified atom stereocenters. The van der Waals surface area contributed by atoms with Crippen LogP contribution in [0.3, 0.4) is 0 Å². The van der Waals surface area contributed by atoms with E-state index in [0.29, 0.717) is 21.5 Å². The monoisotopic (exact) mass is 399 g/mol. The highest BCUT2D eigenvalue weighted by atomic mass is 35.5. The summed E-state index contributed by atoms with van der Waals surface area (Å²) in [4.78, 5) is 0. The maximum atomic E-state index is 13.1. The third-order valence-electron chi connectivity index (χ3n) is 4.77. The zero-order chi connectivity index (χ0) is 20.5. The number of nitriles is 1. The van der Waals surface area contributed by atoms with Crippen molar-refractivity contribution in [1.29, 1.82) is 5.26 Å². The van der Waals surface area contributed by atoms with Crippen LogP contribution in [0.5, 0.6) is 0 Å². The number of benzene rings is 3. The Kier molecular flexibility index (Phi) is 5.49. The van der Waals surface area contributed by atoms with Crippen molar-refractivity contribution in [2.45, 2.75) is 25.4 Å². The Bertz CT molecular complexity index is 1080. The summed E-state index contributed by atoms with van der Waals surface area (Å²) in [7, 11) is 0. The molecule has 0 radical (unpaired) electrons. The fourth-order valence-electron chi connectivity index (χ4n) is 3.70. The van der Waals surface area contributed by atoms with E-state index in [4.69, 9.17) is 11.6 Å². The van der Waals surface area contributed by atoms with Gasteiger partial charge in [0.05, 0.1) is 12.0 Å². The van der Waals surface area contributed by atoms with Gasteiger partial charge < -0.3 is 0 Å². The molecule has 3 rings (SSSR count). The van der Waals surface area contributed by atoms with E-state index in [1.807, 2.05) is 24.3 Å². The van der Waals surface area contributed by atoms with Crippen LogP contribution in [0.1, 0.15) is 36.0 Å². The van der Waals surface area contributed by atoms with Crippen molar-refractivity contribution in [2.75, 3.05) is 0 Å². The zero-order valence-corrected chi connectivity index (χ0v) is 15.9. The van der Waals surface area contributed by atoms with Crippen molar-refractivity contribution in [3.63, 3.8) is 0 Å². The maximum Gasteiger partial charge on any atom is 0.389 e. The van der Waals surface area contributed by atoms with Crippen LogP contribution in [-0.4, -0.2) is 6.18 Å². The molecule has 3 aromatic carbocycles. The Morgan fingerprint density at radius 1 is 1.11 bits per heavy atom. The van der Waals surface area contributed by atoms with Gasteiger partial charge in [-0.1, -0.05) is 67.6 Å². The summed E-state index contributed by atoms with van der Waals surface area (Å²) in [5, 5.41) is 11.8. The van der Waals surface area contributed by atoms with E-state index in [0.717, 1.165) is 16.5 Å². The zero-order valence-electron chi connectivity index (χ0n) is 15.1. The highest BCUT2D eigenvalue weighted by molar-refractivity contribution is 6.30. The standard InChI is InChI=1S/C23H17ClF3N/c1-3-17-21(14(2)12-23(25,26)27)20(13-28)18-6-4-5-7-19(18)22(17)15-8-10-16(24)11-9-15/h3-11,14H,1,12H2,2H3/t14-/m0/s1. The molecule has 0 aliphatic rings. The summed E-state index contributed by atoms with van der Waals surface area (Å²) in [6, 6.07) is 16.5. The molecule has 142 valence electrons. The van der Waals surface area contributed by atoms with Crippen molar-refractivity contribution >= 4 is 28.4 Å². The highest BCUT2D eigenvalue weighted by Crippen LogP contribution is 2.43. The number of hydrogen-bond acceptors (Lipinski definition) is 1. The quantitative estimate of drug-likeness (QED) is 0.440. The van der Waals surface area contributed by atoms with Crippen LogP contribution in [0.4, 0.5) is 13.2 Å². The average Bonchev–Trinajstić information content (AvgIpc) is 2.65. The molecule has 0 fully saturated rings. The van der Waals surface area contributed by atoms with Gasteiger partial charge in [-0.15, -0.1) is 0 Å². The topological polar surface area (TPSA) is 23.8 Å². The summed E-state index contributed by atoms with van der Waals surface area (Å²) >= 11 is 6.00. The number of halogens is 4. The van der Waals surface area contributed by atoms with Crippen LogP contribution in [0, 0.1) is 11.3 Å². The molecule has 1 atom stereocenters. The fourth-order valence-corrected chi connectivity index (χ4v) is 3.83. The minimum absolute atomic E-state index is 0.264. The molecule has 0 amide bonds. The first-order valence-electron chi connectivity index (χ1n) is 8.70. The Balaban J connectivity index is 2.44. The lowest BCUT2D eigenvalue weighted by atomic mass is 9.81. The number of nitrogens with zero attached hydrogens (tertiary/aromatic N) is 1. The molecule has 0 spiro atoms. The molecule has 0 heterocycles. The molecule has 28 heavy (non-hydrogen) atoms. The number of hydrogen-bond donors (Lipinski definition) is 0. The maximum absolute atomic E-state index is 13.1. The summed E-state index contributed by atoms with van der Waals surface area (Å²) < 4.78 is 39.4. The summed E-state index contributed by atoms with van der Waals surface area (Å²) in [6.07, 6.45) is -3.81. The van der Waals surface area contributed by atoms with E-state index in [9.17, 15) is 18.4 Å². The van der Waals surface area contributed by atoms with E-state index in [1.54, 1.807) is 30.3 Å². The smallest absolute Gasteiger partial charge is 0.192 e. The van der Waals surface area contributed by atoms with Crippen LogP contribution in [-0.2, 0) is 0 Å². The molecule has 0 bridgehead atoms. The lowest BCUT2D eigenvalue weighted by molar-refractivity contribution is -0.137. The van der Waals surface area contributed by atoms with Gasteiger partial charge in [0, 0.05) is 10.4 Å². The lowest BCUT2D eigenvalue weighted by Crippen LogP contribution is -2.14. The molecule has 0 aliphatic heterocycles. The van der Waals surface area contributed by atoms with Gasteiger partial charge in [-0.25, -0.2) is 0 Å². The molecular formula is C23H17ClF3N. The van der Waals surface area contributed by atoms with Crippen molar-refractivity contribution in [2.24, 2.45) is 0 Å². The van der Waals surface area contributed by atoms with Gasteiger partial charge in [-0.05, 0) is 45.7 Å². The Hall–Kier alpha value is -2.77. The minimum atomic E-state index is -4.34. The summed E-state index contributed by atoms with van der Waals surface area (Å²) in [5.41, 5.74) is 2.75. The molecule has 3 aromatic rings. The van der Waals surface area contributed by atoms with Gasteiger partial charge in [-0.3, -0.25) is 0 Å². The molecule has 0 saturated carbocycles. The predicted octanol–water partition coefficient (Wildman–Crippen LogP) is 7.73. The second-order valence-corrected chi connectivity index (χ2v) is 7.10. The highest BCUT2D eigenvalue weighted by Gasteiger charge is 2.33. The van der Waals surface area contributed by atoms with Crippen molar-refractivity contribution in [3.8, 4) is 17.2 Å². The van der Waals surface area contributed by atoms with E-state index in [2.05, 4.69) is 12.6 Å². The van der Waals surface area contributed by atoms with E-state index in [1.165, 1.54) is 6.92 Å². The number of rotatable bonds is 4. The van der Waals surface area contributed by atoms with Crippen molar-refractivity contribution in [1.82, 2.24) is 0 Å². The third kappa shape index (κ3) is 3.76. The molecule has 0 aromatic heterocycles. The van der Waals surface area contributed by atoms with E-state index in [-0.39, 0.29) is 5.56 Å². The Morgan fingerprint density at radius 3 is 2.25 bits per heavy atom. The van der Waals surface area contributed by atoms with Crippen LogP contribution in [0.2, 0.25) is 5.02 Å². The molecule has 0 aliphatic carbocycles. The predicted molar refractivity (Wildman–Crippen MR) is 108 cm³/mol. The largest absolute Gasteiger partial charge is 0.389 e. The Labute approximate surface area is 166 Å². The molecule has 0 saturated heterocycles. The second kappa shape index (κ2) is 7.69. The average molecular weight is 400 g/mol. The summed E-state index contributed by atoms with van der Waals surface area (Å²) in [6.45, 7) is 5.34. The van der Waals surface area contributed by atoms with Gasteiger partial charge in [-0.2, -0.15) is 18.4 Å². The van der Waals surface area contributed by atoms with Crippen LogP contribution >= 0.6 is 11.6 Å². The van der Waals surface area contributed by atoms with Gasteiger partial charge in [0.25, 0.3) is 0 Å². The molecule has 5 heteroatoms. The van der Waals surface area contributed by atoms with Crippen molar-refractivity contribution < 1.29 is 13.2 Å². The number of alkyl halides is 3. The van der Waals surface area contributed by atoms with E-state index < -0.39 is 18.5 Å². The van der Waals surface area contributed by atoms with Crippen LogP contribution in [0.15, 0.2) is 55.1 Å². The molecular weight excluding hydrogens is 383 g/mol. The minimum Gasteiger partial charge on any atom is -0.192 e. The third-order valence-corrected chi connectivity index (χ3v) is 5.03. The fraction of sp³-hybridized carbons (Fsp3) is 0.174. The number of fused-ring (bicyclic) bond motifs is 1. The SMILES string of the molecule is C=Cc1c([C@@H](C)CC(F)(F)F)c(C#N)c2ccccc2c1-c1ccc(Cl)cc1. The lowest BCUT2D eigenvalue weighted by Gasteiger charge is -2.23. The van der Waals surface area contributed by atoms with Gasteiger partial charge in [0.2, 0.25) is 0 Å². The summed E-state index contributed by atoms with van der Waals surface area (Å²) in [5.74, 6) is -0.890. The van der Waals surface area contributed by atoms with Crippen LogP contribution < -0.4 is 0 Å². The normalized spacial score (nSPS) is 12.6. The van der Waals surface area contributed by atoms with Gasteiger partial charge >= 0.3 is 6.18 Å². The Morgan fingerprint density at radius 2 is 1.71 bits per heavy atom. The van der Waals surface area contributed by atoms with Crippen molar-refractivity contribution in [3.05, 3.63) is 76.8 Å². The van der Waals surface area contributed by atoms with Gasteiger partial charge in [0.1, 0.15) is 6.07 Å². The molecule has 0 N–H and O–H groups in total. The second-order valence-electron chi connectivity index (χ2n) is 6.67. The first-order chi connectivity index (χ1) is 13.3. The molecule has 1 nitrogen and oxygen atoms in total. The first kappa shape index (κ1) is 20.0. The van der Waals surface area contributed by atoms with E-state index >= 15 is 0 Å². The van der Waals surface area contributed by atoms with Crippen LogP contribution in [0.25, 0.3) is 28.0 Å². The first-order valence-corrected chi connectivity index (χ1v) is 9.08.